The average Bonchev–Trinajstić information content (AvgIpc) is 3.18. The van der Waals surface area contributed by atoms with Crippen molar-refractivity contribution < 1.29 is 4.79 Å². The summed E-state index contributed by atoms with van der Waals surface area (Å²) >= 11 is 0. The Kier molecular flexibility index (Phi) is 4.52. The van der Waals surface area contributed by atoms with Crippen LogP contribution in [0.2, 0.25) is 0 Å². The lowest BCUT2D eigenvalue weighted by molar-refractivity contribution is 0.0941. The van der Waals surface area contributed by atoms with Gasteiger partial charge < -0.3 is 5.32 Å². The molecule has 1 amide bonds. The Labute approximate surface area is 158 Å². The second-order valence-corrected chi connectivity index (χ2v) is 7.45. The van der Waals surface area contributed by atoms with Crippen molar-refractivity contribution in [1.29, 1.82) is 0 Å². The monoisotopic (exact) mass is 361 g/mol. The maximum Gasteiger partial charge on any atom is 0.270 e. The van der Waals surface area contributed by atoms with Crippen LogP contribution in [0.1, 0.15) is 47.2 Å². The van der Waals surface area contributed by atoms with Gasteiger partial charge in [0.05, 0.1) is 0 Å². The summed E-state index contributed by atoms with van der Waals surface area (Å²) in [4.78, 5) is 29.8. The van der Waals surface area contributed by atoms with E-state index in [0.29, 0.717) is 12.2 Å². The Balaban J connectivity index is 1.60. The number of carbonyl (C=O) groups excluding carboxylic acids is 1. The number of aryl methyl sites for hydroxylation is 1. The third kappa shape index (κ3) is 3.25. The van der Waals surface area contributed by atoms with E-state index in [1.807, 2.05) is 31.2 Å². The van der Waals surface area contributed by atoms with E-state index in [1.165, 1.54) is 16.2 Å². The highest BCUT2D eigenvalue weighted by Crippen LogP contribution is 2.40. The number of carbonyl (C=O) groups is 1. The molecule has 5 heteroatoms. The van der Waals surface area contributed by atoms with Crippen LogP contribution in [-0.2, 0) is 5.41 Å². The van der Waals surface area contributed by atoms with E-state index in [4.69, 9.17) is 0 Å². The standard InChI is InChI=1S/C22H23N3O2/c1-16-9-10-19-23-13-18(21(27)25(19)14-16)20(26)24-15-22(11-5-6-12-22)17-7-3-2-4-8-17/h2-4,7-10,13-14H,5-6,11-12,15H2,1H3,(H,24,26). The first-order chi connectivity index (χ1) is 13.1. The van der Waals surface area contributed by atoms with E-state index in [2.05, 4.69) is 22.4 Å². The van der Waals surface area contributed by atoms with Crippen LogP contribution in [0, 0.1) is 6.92 Å². The fraction of sp³-hybridized carbons (Fsp3) is 0.318. The zero-order chi connectivity index (χ0) is 18.9. The van der Waals surface area contributed by atoms with Crippen LogP contribution in [0.3, 0.4) is 0 Å². The molecule has 4 rings (SSSR count). The fourth-order valence-corrected chi connectivity index (χ4v) is 4.09. The second kappa shape index (κ2) is 6.99. The highest BCUT2D eigenvalue weighted by molar-refractivity contribution is 5.93. The maximum absolute atomic E-state index is 12.8. The van der Waals surface area contributed by atoms with E-state index < -0.39 is 0 Å². The summed E-state index contributed by atoms with van der Waals surface area (Å²) < 4.78 is 1.44. The number of benzene rings is 1. The largest absolute Gasteiger partial charge is 0.351 e. The normalized spacial score (nSPS) is 15.7. The molecule has 0 aliphatic heterocycles. The topological polar surface area (TPSA) is 63.5 Å². The molecule has 2 aromatic heterocycles. The first-order valence-corrected chi connectivity index (χ1v) is 9.41. The number of amides is 1. The third-order valence-electron chi connectivity index (χ3n) is 5.63. The van der Waals surface area contributed by atoms with Crippen LogP contribution in [0.5, 0.6) is 0 Å². The Bertz CT molecular complexity index is 1030. The molecule has 0 radical (unpaired) electrons. The van der Waals surface area contributed by atoms with Crippen LogP contribution >= 0.6 is 0 Å². The number of hydrogen-bond donors (Lipinski definition) is 1. The summed E-state index contributed by atoms with van der Waals surface area (Å²) in [6.45, 7) is 2.44. The van der Waals surface area contributed by atoms with Gasteiger partial charge in [0.1, 0.15) is 11.2 Å². The van der Waals surface area contributed by atoms with E-state index >= 15 is 0 Å². The summed E-state index contributed by atoms with van der Waals surface area (Å²) in [7, 11) is 0. The molecule has 2 heterocycles. The highest BCUT2D eigenvalue weighted by atomic mass is 16.2. The van der Waals surface area contributed by atoms with Crippen molar-refractivity contribution in [3.63, 3.8) is 0 Å². The molecule has 0 atom stereocenters. The molecule has 0 saturated heterocycles. The van der Waals surface area contributed by atoms with Gasteiger partial charge in [0.15, 0.2) is 0 Å². The molecule has 1 aliphatic carbocycles. The van der Waals surface area contributed by atoms with Crippen LogP contribution in [0.4, 0.5) is 0 Å². The molecule has 1 N–H and O–H groups in total. The molecule has 0 spiro atoms. The predicted octanol–water partition coefficient (Wildman–Crippen LogP) is 3.24. The van der Waals surface area contributed by atoms with Gasteiger partial charge in [-0.2, -0.15) is 0 Å². The van der Waals surface area contributed by atoms with Crippen molar-refractivity contribution in [3.8, 4) is 0 Å². The number of aromatic nitrogens is 2. The van der Waals surface area contributed by atoms with Crippen LogP contribution in [-0.4, -0.2) is 21.8 Å². The molecule has 138 valence electrons. The summed E-state index contributed by atoms with van der Waals surface area (Å²) in [5.74, 6) is -0.356. The molecule has 3 aromatic rings. The van der Waals surface area contributed by atoms with E-state index in [9.17, 15) is 9.59 Å². The highest BCUT2D eigenvalue weighted by Gasteiger charge is 2.36. The Morgan fingerprint density at radius 2 is 1.89 bits per heavy atom. The Morgan fingerprint density at radius 1 is 1.15 bits per heavy atom. The number of hydrogen-bond acceptors (Lipinski definition) is 3. The van der Waals surface area contributed by atoms with Crippen LogP contribution < -0.4 is 10.9 Å². The van der Waals surface area contributed by atoms with Gasteiger partial charge in [0, 0.05) is 24.4 Å². The SMILES string of the molecule is Cc1ccc2ncc(C(=O)NCC3(c4ccccc4)CCCC3)c(=O)n2c1. The molecule has 0 unspecified atom stereocenters. The third-order valence-corrected chi connectivity index (χ3v) is 5.63. The minimum absolute atomic E-state index is 0.0476. The molecule has 1 aromatic carbocycles. The van der Waals surface area contributed by atoms with Crippen molar-refractivity contribution in [1.82, 2.24) is 14.7 Å². The molecular formula is C22H23N3O2. The van der Waals surface area contributed by atoms with Gasteiger partial charge in [0.25, 0.3) is 11.5 Å². The Morgan fingerprint density at radius 3 is 2.63 bits per heavy atom. The quantitative estimate of drug-likeness (QED) is 0.776. The molecule has 5 nitrogen and oxygen atoms in total. The zero-order valence-electron chi connectivity index (χ0n) is 15.4. The van der Waals surface area contributed by atoms with Crippen LogP contribution in [0.15, 0.2) is 59.7 Å². The second-order valence-electron chi connectivity index (χ2n) is 7.45. The molecule has 27 heavy (non-hydrogen) atoms. The van der Waals surface area contributed by atoms with Crippen LogP contribution in [0.25, 0.3) is 5.65 Å². The maximum atomic E-state index is 12.8. The number of rotatable bonds is 4. The lowest BCUT2D eigenvalue weighted by Crippen LogP contribution is -2.41. The van der Waals surface area contributed by atoms with Gasteiger partial charge >= 0.3 is 0 Å². The van der Waals surface area contributed by atoms with Gasteiger partial charge in [-0.05, 0) is 37.0 Å². The fourth-order valence-electron chi connectivity index (χ4n) is 4.09. The van der Waals surface area contributed by atoms with Gasteiger partial charge in [-0.1, -0.05) is 49.2 Å². The minimum atomic E-state index is -0.356. The van der Waals surface area contributed by atoms with Crippen molar-refractivity contribution in [2.24, 2.45) is 0 Å². The van der Waals surface area contributed by atoms with E-state index in [0.717, 1.165) is 31.2 Å². The molecule has 1 aliphatic rings. The number of nitrogens with one attached hydrogen (secondary N) is 1. The van der Waals surface area contributed by atoms with Crippen molar-refractivity contribution >= 4 is 11.6 Å². The van der Waals surface area contributed by atoms with E-state index in [1.54, 1.807) is 12.3 Å². The summed E-state index contributed by atoms with van der Waals surface area (Å²) in [5, 5.41) is 3.01. The summed E-state index contributed by atoms with van der Waals surface area (Å²) in [5.41, 5.74) is 2.44. The number of fused-ring (bicyclic) bond motifs is 1. The minimum Gasteiger partial charge on any atom is -0.351 e. The van der Waals surface area contributed by atoms with Gasteiger partial charge in [-0.15, -0.1) is 0 Å². The molecular weight excluding hydrogens is 338 g/mol. The van der Waals surface area contributed by atoms with Crippen molar-refractivity contribution in [2.75, 3.05) is 6.54 Å². The predicted molar refractivity (Wildman–Crippen MR) is 105 cm³/mol. The van der Waals surface area contributed by atoms with Crippen molar-refractivity contribution in [3.05, 3.63) is 81.9 Å². The Hall–Kier alpha value is -2.95. The molecule has 1 fully saturated rings. The summed E-state index contributed by atoms with van der Waals surface area (Å²) in [6.07, 6.45) is 7.50. The summed E-state index contributed by atoms with van der Waals surface area (Å²) in [6, 6.07) is 14.0. The van der Waals surface area contributed by atoms with Gasteiger partial charge in [0.2, 0.25) is 0 Å². The number of pyridine rings is 1. The van der Waals surface area contributed by atoms with E-state index in [-0.39, 0.29) is 22.4 Å². The molecule has 0 bridgehead atoms. The lowest BCUT2D eigenvalue weighted by atomic mass is 9.79. The van der Waals surface area contributed by atoms with Crippen molar-refractivity contribution in [2.45, 2.75) is 38.0 Å². The smallest absolute Gasteiger partial charge is 0.270 e. The first kappa shape index (κ1) is 17.5. The first-order valence-electron chi connectivity index (χ1n) is 9.41. The van der Waals surface area contributed by atoms with Gasteiger partial charge in [-0.3, -0.25) is 14.0 Å². The average molecular weight is 361 g/mol. The zero-order valence-corrected chi connectivity index (χ0v) is 15.4. The number of nitrogens with zero attached hydrogens (tertiary/aromatic N) is 2. The lowest BCUT2D eigenvalue weighted by Gasteiger charge is -2.30. The van der Waals surface area contributed by atoms with Gasteiger partial charge in [-0.25, -0.2) is 4.98 Å². The molecule has 1 saturated carbocycles.